The number of hydrogen-bond acceptors (Lipinski definition) is 5. The highest BCUT2D eigenvalue weighted by Crippen LogP contribution is 2.29. The lowest BCUT2D eigenvalue weighted by Crippen LogP contribution is -2.32. The van der Waals surface area contributed by atoms with Gasteiger partial charge in [-0.2, -0.15) is 0 Å². The maximum absolute atomic E-state index is 11.1. The lowest BCUT2D eigenvalue weighted by molar-refractivity contribution is -0.122. The Balaban J connectivity index is 1.69. The van der Waals surface area contributed by atoms with E-state index in [4.69, 9.17) is 5.73 Å². The number of fused-ring (bicyclic) bond motifs is 1. The van der Waals surface area contributed by atoms with Crippen molar-refractivity contribution in [2.75, 3.05) is 5.32 Å². The Morgan fingerprint density at radius 2 is 2.11 bits per heavy atom. The van der Waals surface area contributed by atoms with Crippen LogP contribution in [-0.4, -0.2) is 21.9 Å². The van der Waals surface area contributed by atoms with E-state index in [1.807, 2.05) is 11.4 Å². The molecule has 3 rings (SSSR count). The number of nitrogens with two attached hydrogens (primary N) is 1. The maximum atomic E-state index is 11.1. The number of nitrogens with zero attached hydrogens (tertiary/aromatic N) is 2. The number of amides is 1. The average Bonchev–Trinajstić information content (AvgIpc) is 2.89. The predicted octanol–water partition coefficient (Wildman–Crippen LogP) is 2.15. The van der Waals surface area contributed by atoms with Crippen LogP contribution in [0.25, 0.3) is 10.2 Å². The third-order valence-electron chi connectivity index (χ3n) is 3.73. The normalized spacial score (nSPS) is 23.4. The van der Waals surface area contributed by atoms with Gasteiger partial charge in [0.05, 0.1) is 5.39 Å². The van der Waals surface area contributed by atoms with Crippen LogP contribution in [0.5, 0.6) is 0 Å². The third kappa shape index (κ3) is 2.53. The van der Waals surface area contributed by atoms with Gasteiger partial charge in [0.15, 0.2) is 0 Å². The van der Waals surface area contributed by atoms with Crippen LogP contribution in [-0.2, 0) is 4.79 Å². The molecule has 0 radical (unpaired) electrons. The number of nitrogens with one attached hydrogen (secondary N) is 1. The molecule has 100 valence electrons. The van der Waals surface area contributed by atoms with E-state index in [0.29, 0.717) is 6.04 Å². The van der Waals surface area contributed by atoms with Gasteiger partial charge < -0.3 is 11.1 Å². The molecule has 0 bridgehead atoms. The van der Waals surface area contributed by atoms with Crippen LogP contribution in [0.3, 0.4) is 0 Å². The molecule has 0 unspecified atom stereocenters. The SMILES string of the molecule is NC(=O)C1CCC(Nc2ncnc3sccc23)CC1. The lowest BCUT2D eigenvalue weighted by Gasteiger charge is -2.27. The first-order valence-electron chi connectivity index (χ1n) is 6.48. The van der Waals surface area contributed by atoms with Crippen molar-refractivity contribution in [3.8, 4) is 0 Å². The molecule has 0 aromatic carbocycles. The van der Waals surface area contributed by atoms with Crippen LogP contribution in [0, 0.1) is 5.92 Å². The molecule has 1 fully saturated rings. The van der Waals surface area contributed by atoms with Crippen LogP contribution in [0.4, 0.5) is 5.82 Å². The maximum Gasteiger partial charge on any atom is 0.220 e. The first-order valence-corrected chi connectivity index (χ1v) is 7.36. The fraction of sp³-hybridized carbons (Fsp3) is 0.462. The number of thiophene rings is 1. The van der Waals surface area contributed by atoms with E-state index < -0.39 is 0 Å². The summed E-state index contributed by atoms with van der Waals surface area (Å²) in [4.78, 5) is 20.7. The molecule has 1 aliphatic rings. The van der Waals surface area contributed by atoms with Crippen molar-refractivity contribution in [1.29, 1.82) is 0 Å². The van der Waals surface area contributed by atoms with E-state index in [1.165, 1.54) is 0 Å². The fourth-order valence-corrected chi connectivity index (χ4v) is 3.35. The summed E-state index contributed by atoms with van der Waals surface area (Å²) in [6.07, 6.45) is 5.25. The topological polar surface area (TPSA) is 80.9 Å². The van der Waals surface area contributed by atoms with Crippen molar-refractivity contribution in [1.82, 2.24) is 9.97 Å². The largest absolute Gasteiger partial charge is 0.369 e. The van der Waals surface area contributed by atoms with Crippen LogP contribution in [0.1, 0.15) is 25.7 Å². The number of carbonyl (C=O) groups is 1. The molecule has 1 saturated carbocycles. The van der Waals surface area contributed by atoms with Gasteiger partial charge in [0.25, 0.3) is 0 Å². The molecule has 1 amide bonds. The molecular weight excluding hydrogens is 260 g/mol. The summed E-state index contributed by atoms with van der Waals surface area (Å²) in [7, 11) is 0. The van der Waals surface area contributed by atoms with Crippen LogP contribution in [0.2, 0.25) is 0 Å². The van der Waals surface area contributed by atoms with E-state index in [-0.39, 0.29) is 11.8 Å². The van der Waals surface area contributed by atoms with E-state index in [0.717, 1.165) is 41.7 Å². The predicted molar refractivity (Wildman–Crippen MR) is 76.0 cm³/mol. The standard InChI is InChI=1S/C13H16N4OS/c14-11(18)8-1-3-9(4-2-8)17-12-10-5-6-19-13(10)16-7-15-12/h5-9H,1-4H2,(H2,14,18)(H,15,16,17). The second kappa shape index (κ2) is 5.13. The van der Waals surface area contributed by atoms with Crippen molar-refractivity contribution in [3.05, 3.63) is 17.8 Å². The number of primary amides is 1. The van der Waals surface area contributed by atoms with Gasteiger partial charge in [0, 0.05) is 12.0 Å². The van der Waals surface area contributed by atoms with Crippen molar-refractivity contribution < 1.29 is 4.79 Å². The molecular formula is C13H16N4OS. The van der Waals surface area contributed by atoms with Gasteiger partial charge in [0.2, 0.25) is 5.91 Å². The van der Waals surface area contributed by atoms with Gasteiger partial charge in [-0.05, 0) is 37.1 Å². The molecule has 6 heteroatoms. The van der Waals surface area contributed by atoms with Crippen LogP contribution in [0.15, 0.2) is 17.8 Å². The highest BCUT2D eigenvalue weighted by atomic mass is 32.1. The van der Waals surface area contributed by atoms with Crippen molar-refractivity contribution >= 4 is 33.3 Å². The van der Waals surface area contributed by atoms with Gasteiger partial charge in [0.1, 0.15) is 17.0 Å². The van der Waals surface area contributed by atoms with Crippen LogP contribution < -0.4 is 11.1 Å². The molecule has 0 atom stereocenters. The zero-order chi connectivity index (χ0) is 13.2. The Labute approximate surface area is 115 Å². The third-order valence-corrected chi connectivity index (χ3v) is 4.55. The molecule has 1 aliphatic carbocycles. The van der Waals surface area contributed by atoms with E-state index in [1.54, 1.807) is 17.7 Å². The summed E-state index contributed by atoms with van der Waals surface area (Å²) in [5.74, 6) is 0.777. The summed E-state index contributed by atoms with van der Waals surface area (Å²) in [5, 5.41) is 6.57. The highest BCUT2D eigenvalue weighted by Gasteiger charge is 2.25. The number of carbonyl (C=O) groups excluding carboxylic acids is 1. The Hall–Kier alpha value is -1.69. The molecule has 19 heavy (non-hydrogen) atoms. The highest BCUT2D eigenvalue weighted by molar-refractivity contribution is 7.16. The van der Waals surface area contributed by atoms with Crippen molar-refractivity contribution in [3.63, 3.8) is 0 Å². The van der Waals surface area contributed by atoms with Crippen molar-refractivity contribution in [2.45, 2.75) is 31.7 Å². The number of rotatable bonds is 3. The molecule has 0 aliphatic heterocycles. The molecule has 3 N–H and O–H groups in total. The molecule has 0 spiro atoms. The number of anilines is 1. The summed E-state index contributed by atoms with van der Waals surface area (Å²) in [5.41, 5.74) is 5.35. The quantitative estimate of drug-likeness (QED) is 0.900. The van der Waals surface area contributed by atoms with Gasteiger partial charge in [-0.3, -0.25) is 4.79 Å². The Bertz CT molecular complexity index is 589. The number of aromatic nitrogens is 2. The van der Waals surface area contributed by atoms with E-state index in [2.05, 4.69) is 15.3 Å². The van der Waals surface area contributed by atoms with Gasteiger partial charge in [-0.1, -0.05) is 0 Å². The smallest absolute Gasteiger partial charge is 0.220 e. The van der Waals surface area contributed by atoms with E-state index in [9.17, 15) is 4.79 Å². The molecule has 5 nitrogen and oxygen atoms in total. The Kier molecular flexibility index (Phi) is 3.33. The first kappa shape index (κ1) is 12.3. The summed E-state index contributed by atoms with van der Waals surface area (Å²) in [6, 6.07) is 2.41. The Morgan fingerprint density at radius 3 is 2.84 bits per heavy atom. The second-order valence-electron chi connectivity index (χ2n) is 4.96. The zero-order valence-electron chi connectivity index (χ0n) is 10.5. The summed E-state index contributed by atoms with van der Waals surface area (Å²) < 4.78 is 0. The summed E-state index contributed by atoms with van der Waals surface area (Å²) in [6.45, 7) is 0. The second-order valence-corrected chi connectivity index (χ2v) is 5.85. The monoisotopic (exact) mass is 276 g/mol. The average molecular weight is 276 g/mol. The molecule has 2 aromatic heterocycles. The minimum atomic E-state index is -0.166. The van der Waals surface area contributed by atoms with E-state index >= 15 is 0 Å². The summed E-state index contributed by atoms with van der Waals surface area (Å²) >= 11 is 1.62. The molecule has 2 heterocycles. The van der Waals surface area contributed by atoms with Crippen LogP contribution >= 0.6 is 11.3 Å². The zero-order valence-corrected chi connectivity index (χ0v) is 11.3. The molecule has 0 saturated heterocycles. The minimum Gasteiger partial charge on any atom is -0.369 e. The Morgan fingerprint density at radius 1 is 1.32 bits per heavy atom. The lowest BCUT2D eigenvalue weighted by atomic mass is 9.85. The molecule has 2 aromatic rings. The van der Waals surface area contributed by atoms with Gasteiger partial charge in [-0.15, -0.1) is 11.3 Å². The van der Waals surface area contributed by atoms with Gasteiger partial charge >= 0.3 is 0 Å². The van der Waals surface area contributed by atoms with Gasteiger partial charge in [-0.25, -0.2) is 9.97 Å². The van der Waals surface area contributed by atoms with Crippen molar-refractivity contribution in [2.24, 2.45) is 11.7 Å². The minimum absolute atomic E-state index is 0.0459. The fourth-order valence-electron chi connectivity index (χ4n) is 2.62. The first-order chi connectivity index (χ1) is 9.24. The number of hydrogen-bond donors (Lipinski definition) is 2.